The summed E-state index contributed by atoms with van der Waals surface area (Å²) in [5.41, 5.74) is 2.10. The van der Waals surface area contributed by atoms with E-state index in [2.05, 4.69) is 20.0 Å². The third-order valence-corrected chi connectivity index (χ3v) is 5.94. The number of anilines is 1. The molecule has 0 amide bonds. The van der Waals surface area contributed by atoms with Crippen molar-refractivity contribution in [2.45, 2.75) is 13.1 Å². The van der Waals surface area contributed by atoms with Crippen LogP contribution in [0.15, 0.2) is 65.7 Å². The number of halogens is 1. The molecule has 1 aliphatic rings. The standard InChI is InChI=1S/C25H30BFN5O3/c1-34-26-29-18-20-2-4-21(5-3-20)19-32-11-10-28-24(25(32)33)31-14-12-30(13-15-31)16-17-35-23-8-6-22(27)7-9-23/h2-11,29H,12-19H2,1H3. The summed E-state index contributed by atoms with van der Waals surface area (Å²) in [5.74, 6) is 0.880. The maximum Gasteiger partial charge on any atom is 0.395 e. The van der Waals surface area contributed by atoms with Crippen LogP contribution in [0.2, 0.25) is 0 Å². The van der Waals surface area contributed by atoms with Gasteiger partial charge in [0.1, 0.15) is 18.2 Å². The number of hydrogen-bond donors (Lipinski definition) is 1. The van der Waals surface area contributed by atoms with E-state index in [1.807, 2.05) is 24.3 Å². The van der Waals surface area contributed by atoms with Crippen LogP contribution in [-0.4, -0.2) is 68.5 Å². The summed E-state index contributed by atoms with van der Waals surface area (Å²) in [6.07, 6.45) is 3.43. The molecular weight excluding hydrogens is 448 g/mol. The third kappa shape index (κ3) is 7.14. The zero-order valence-corrected chi connectivity index (χ0v) is 19.9. The number of aromatic nitrogens is 2. The molecule has 8 nitrogen and oxygen atoms in total. The second kappa shape index (κ2) is 12.5. The van der Waals surface area contributed by atoms with E-state index in [0.29, 0.717) is 31.3 Å². The van der Waals surface area contributed by atoms with E-state index < -0.39 is 0 Å². The minimum atomic E-state index is -0.273. The van der Waals surface area contributed by atoms with Crippen molar-refractivity contribution >= 4 is 13.4 Å². The summed E-state index contributed by atoms with van der Waals surface area (Å²) in [6, 6.07) is 14.2. The summed E-state index contributed by atoms with van der Waals surface area (Å²) in [7, 11) is 3.15. The molecular formula is C25H30BFN5O3. The third-order valence-electron chi connectivity index (χ3n) is 5.94. The fraction of sp³-hybridized carbons (Fsp3) is 0.360. The van der Waals surface area contributed by atoms with Gasteiger partial charge in [-0.3, -0.25) is 9.69 Å². The van der Waals surface area contributed by atoms with Gasteiger partial charge in [0.05, 0.1) is 6.54 Å². The molecule has 1 aliphatic heterocycles. The Morgan fingerprint density at radius 2 is 1.74 bits per heavy atom. The van der Waals surface area contributed by atoms with Crippen molar-refractivity contribution in [2.24, 2.45) is 0 Å². The summed E-state index contributed by atoms with van der Waals surface area (Å²) in [5, 5.41) is 3.06. The van der Waals surface area contributed by atoms with E-state index in [4.69, 9.17) is 9.39 Å². The number of piperazine rings is 1. The van der Waals surface area contributed by atoms with Crippen molar-refractivity contribution in [2.75, 3.05) is 51.3 Å². The van der Waals surface area contributed by atoms with Gasteiger partial charge in [0.15, 0.2) is 5.82 Å². The molecule has 10 heteroatoms. The molecule has 1 radical (unpaired) electrons. The molecule has 1 fully saturated rings. The quantitative estimate of drug-likeness (QED) is 0.334. The average molecular weight is 478 g/mol. The zero-order valence-electron chi connectivity index (χ0n) is 19.9. The van der Waals surface area contributed by atoms with E-state index in [9.17, 15) is 9.18 Å². The molecule has 3 aromatic rings. The Hall–Kier alpha value is -3.21. The van der Waals surface area contributed by atoms with Crippen LogP contribution in [0.5, 0.6) is 5.75 Å². The van der Waals surface area contributed by atoms with Crippen LogP contribution >= 0.6 is 0 Å². The van der Waals surface area contributed by atoms with Crippen LogP contribution in [0.1, 0.15) is 11.1 Å². The van der Waals surface area contributed by atoms with Gasteiger partial charge in [-0.15, -0.1) is 0 Å². The first kappa shape index (κ1) is 24.9. The number of rotatable bonds is 11. The fourth-order valence-corrected chi connectivity index (χ4v) is 3.99. The first-order chi connectivity index (χ1) is 17.1. The van der Waals surface area contributed by atoms with E-state index in [1.54, 1.807) is 43.8 Å². The average Bonchev–Trinajstić information content (AvgIpc) is 2.88. The number of hydrogen-bond acceptors (Lipinski definition) is 7. The minimum absolute atomic E-state index is 0.0824. The molecule has 2 heterocycles. The highest BCUT2D eigenvalue weighted by atomic mass is 19.1. The lowest BCUT2D eigenvalue weighted by atomic mass is 10.1. The lowest BCUT2D eigenvalue weighted by Gasteiger charge is -2.35. The van der Waals surface area contributed by atoms with Crippen molar-refractivity contribution in [3.8, 4) is 5.75 Å². The first-order valence-electron chi connectivity index (χ1n) is 11.7. The Balaban J connectivity index is 1.28. The lowest BCUT2D eigenvalue weighted by Crippen LogP contribution is -2.49. The van der Waals surface area contributed by atoms with Crippen LogP contribution in [0.3, 0.4) is 0 Å². The van der Waals surface area contributed by atoms with Gasteiger partial charge >= 0.3 is 7.62 Å². The molecule has 0 aliphatic carbocycles. The van der Waals surface area contributed by atoms with Gasteiger partial charge in [-0.05, 0) is 35.4 Å². The largest absolute Gasteiger partial charge is 0.492 e. The predicted octanol–water partition coefficient (Wildman–Crippen LogP) is 1.90. The molecule has 4 rings (SSSR count). The van der Waals surface area contributed by atoms with Gasteiger partial charge in [0.25, 0.3) is 5.56 Å². The van der Waals surface area contributed by atoms with E-state index in [1.165, 1.54) is 12.1 Å². The molecule has 0 saturated carbocycles. The van der Waals surface area contributed by atoms with E-state index >= 15 is 0 Å². The second-order valence-corrected chi connectivity index (χ2v) is 8.37. The van der Waals surface area contributed by atoms with Crippen LogP contribution in [0, 0.1) is 5.82 Å². The Kier molecular flexibility index (Phi) is 8.88. The molecule has 35 heavy (non-hydrogen) atoms. The molecule has 0 unspecified atom stereocenters. The molecule has 183 valence electrons. The van der Waals surface area contributed by atoms with Crippen molar-refractivity contribution in [3.63, 3.8) is 0 Å². The van der Waals surface area contributed by atoms with Gasteiger partial charge in [0, 0.05) is 58.8 Å². The number of benzene rings is 2. The molecule has 1 saturated heterocycles. The SMILES string of the molecule is CO[B]NCc1ccc(Cn2ccnc(N3CCN(CCOc4ccc(F)cc4)CC3)c2=O)cc1. The second-order valence-electron chi connectivity index (χ2n) is 8.37. The summed E-state index contributed by atoms with van der Waals surface area (Å²) in [6.45, 7) is 5.56. The summed E-state index contributed by atoms with van der Waals surface area (Å²) >= 11 is 0. The maximum atomic E-state index is 13.1. The fourth-order valence-electron chi connectivity index (χ4n) is 3.99. The van der Waals surface area contributed by atoms with Crippen molar-refractivity contribution in [1.82, 2.24) is 19.7 Å². The summed E-state index contributed by atoms with van der Waals surface area (Å²) in [4.78, 5) is 21.9. The first-order valence-corrected chi connectivity index (χ1v) is 11.7. The van der Waals surface area contributed by atoms with Crippen LogP contribution in [-0.2, 0) is 17.7 Å². The highest BCUT2D eigenvalue weighted by Gasteiger charge is 2.20. The molecule has 0 bridgehead atoms. The highest BCUT2D eigenvalue weighted by Crippen LogP contribution is 2.13. The molecule has 1 N–H and O–H groups in total. The van der Waals surface area contributed by atoms with Gasteiger partial charge in [-0.25, -0.2) is 9.37 Å². The lowest BCUT2D eigenvalue weighted by molar-refractivity contribution is 0.200. The van der Waals surface area contributed by atoms with E-state index in [0.717, 1.165) is 43.9 Å². The van der Waals surface area contributed by atoms with Crippen molar-refractivity contribution in [3.05, 3.63) is 88.2 Å². The Morgan fingerprint density at radius 3 is 2.46 bits per heavy atom. The van der Waals surface area contributed by atoms with Crippen LogP contribution in [0.4, 0.5) is 10.2 Å². The number of nitrogens with one attached hydrogen (secondary N) is 1. The molecule has 1 aromatic heterocycles. The predicted molar refractivity (Wildman–Crippen MR) is 134 cm³/mol. The number of ether oxygens (including phenoxy) is 1. The molecule has 0 atom stereocenters. The van der Waals surface area contributed by atoms with Gasteiger partial charge in [-0.2, -0.15) is 0 Å². The Bertz CT molecular complexity index is 1120. The van der Waals surface area contributed by atoms with Gasteiger partial charge < -0.3 is 24.1 Å². The van der Waals surface area contributed by atoms with Crippen LogP contribution in [0.25, 0.3) is 0 Å². The number of nitrogens with zero attached hydrogens (tertiary/aromatic N) is 4. The Labute approximate surface area is 205 Å². The zero-order chi connectivity index (χ0) is 24.5. The van der Waals surface area contributed by atoms with Crippen LogP contribution < -0.4 is 20.4 Å². The minimum Gasteiger partial charge on any atom is -0.492 e. The highest BCUT2D eigenvalue weighted by molar-refractivity contribution is 6.23. The monoisotopic (exact) mass is 478 g/mol. The van der Waals surface area contributed by atoms with E-state index in [-0.39, 0.29) is 11.4 Å². The molecule has 0 spiro atoms. The van der Waals surface area contributed by atoms with Crippen molar-refractivity contribution < 1.29 is 13.8 Å². The maximum absolute atomic E-state index is 13.1. The van der Waals surface area contributed by atoms with Crippen molar-refractivity contribution in [1.29, 1.82) is 0 Å². The molecule has 2 aromatic carbocycles. The summed E-state index contributed by atoms with van der Waals surface area (Å²) < 4.78 is 25.3. The normalized spacial score (nSPS) is 14.2. The topological polar surface area (TPSA) is 71.9 Å². The van der Waals surface area contributed by atoms with Gasteiger partial charge in [-0.1, -0.05) is 24.3 Å². The van der Waals surface area contributed by atoms with Gasteiger partial charge in [0.2, 0.25) is 0 Å². The Morgan fingerprint density at radius 1 is 1.03 bits per heavy atom. The smallest absolute Gasteiger partial charge is 0.395 e.